The van der Waals surface area contributed by atoms with E-state index in [0.717, 1.165) is 32.5 Å². The molecular formula is C11H22N2O3. The van der Waals surface area contributed by atoms with Gasteiger partial charge in [-0.2, -0.15) is 0 Å². The molecule has 1 saturated heterocycles. The quantitative estimate of drug-likeness (QED) is 0.610. The molecule has 0 aliphatic carbocycles. The summed E-state index contributed by atoms with van der Waals surface area (Å²) in [4.78, 5) is 13.0. The number of carbonyl (C=O) groups is 1. The fourth-order valence-electron chi connectivity index (χ4n) is 1.79. The average molecular weight is 230 g/mol. The first kappa shape index (κ1) is 13.4. The molecule has 5 heteroatoms. The first-order valence-electron chi connectivity index (χ1n) is 6.01. The van der Waals surface area contributed by atoms with Crippen molar-refractivity contribution in [1.82, 2.24) is 10.2 Å². The number of carboxylic acid groups (broad SMARTS) is 1. The van der Waals surface area contributed by atoms with E-state index < -0.39 is 12.0 Å². The van der Waals surface area contributed by atoms with Gasteiger partial charge < -0.3 is 15.2 Å². The molecule has 5 nitrogen and oxygen atoms in total. The van der Waals surface area contributed by atoms with Crippen molar-refractivity contribution in [3.63, 3.8) is 0 Å². The van der Waals surface area contributed by atoms with Crippen LogP contribution in [0.1, 0.15) is 19.8 Å². The molecule has 1 unspecified atom stereocenters. The number of piperazine rings is 1. The number of carboxylic acids is 1. The van der Waals surface area contributed by atoms with Gasteiger partial charge in [0.2, 0.25) is 0 Å². The molecule has 0 amide bonds. The number of hydrogen-bond acceptors (Lipinski definition) is 4. The predicted molar refractivity (Wildman–Crippen MR) is 61.6 cm³/mol. The van der Waals surface area contributed by atoms with E-state index in [1.165, 1.54) is 0 Å². The SMILES string of the molecule is CCCCOCCN1CCNCC1C(=O)O. The summed E-state index contributed by atoms with van der Waals surface area (Å²) in [5.41, 5.74) is 0. The van der Waals surface area contributed by atoms with Gasteiger partial charge in [-0.15, -0.1) is 0 Å². The lowest BCUT2D eigenvalue weighted by atomic mass is 10.2. The Balaban J connectivity index is 2.19. The zero-order valence-electron chi connectivity index (χ0n) is 9.95. The maximum atomic E-state index is 11.0. The minimum absolute atomic E-state index is 0.400. The second kappa shape index (κ2) is 7.60. The normalized spacial score (nSPS) is 22.2. The number of ether oxygens (including phenoxy) is 1. The third-order valence-corrected chi connectivity index (χ3v) is 2.80. The van der Waals surface area contributed by atoms with Crippen molar-refractivity contribution in [3.8, 4) is 0 Å². The molecule has 0 spiro atoms. The van der Waals surface area contributed by atoms with Gasteiger partial charge in [-0.05, 0) is 6.42 Å². The largest absolute Gasteiger partial charge is 0.480 e. The van der Waals surface area contributed by atoms with E-state index in [9.17, 15) is 4.79 Å². The highest BCUT2D eigenvalue weighted by atomic mass is 16.5. The Morgan fingerprint density at radius 1 is 1.56 bits per heavy atom. The lowest BCUT2D eigenvalue weighted by Gasteiger charge is -2.33. The molecule has 0 saturated carbocycles. The van der Waals surface area contributed by atoms with Crippen LogP contribution in [0.2, 0.25) is 0 Å². The standard InChI is InChI=1S/C11H22N2O3/c1-2-3-7-16-8-6-13-5-4-12-9-10(13)11(14)15/h10,12H,2-9H2,1H3,(H,14,15). The monoisotopic (exact) mass is 230 g/mol. The lowest BCUT2D eigenvalue weighted by Crippen LogP contribution is -2.55. The summed E-state index contributed by atoms with van der Waals surface area (Å²) in [6, 6.07) is -0.400. The number of rotatable bonds is 7. The number of nitrogens with zero attached hydrogens (tertiary/aromatic N) is 1. The first-order valence-corrected chi connectivity index (χ1v) is 6.01. The van der Waals surface area contributed by atoms with Gasteiger partial charge >= 0.3 is 5.97 Å². The average Bonchev–Trinajstić information content (AvgIpc) is 2.29. The Labute approximate surface area is 96.8 Å². The van der Waals surface area contributed by atoms with Crippen LogP contribution in [0.4, 0.5) is 0 Å². The topological polar surface area (TPSA) is 61.8 Å². The molecule has 0 aromatic carbocycles. The first-order chi connectivity index (χ1) is 7.75. The Kier molecular flexibility index (Phi) is 6.37. The highest BCUT2D eigenvalue weighted by molar-refractivity contribution is 5.73. The van der Waals surface area contributed by atoms with E-state index in [4.69, 9.17) is 9.84 Å². The van der Waals surface area contributed by atoms with Crippen molar-refractivity contribution in [2.45, 2.75) is 25.8 Å². The van der Waals surface area contributed by atoms with Gasteiger partial charge in [0.15, 0.2) is 0 Å². The fourth-order valence-corrected chi connectivity index (χ4v) is 1.79. The van der Waals surface area contributed by atoms with Crippen LogP contribution in [0.5, 0.6) is 0 Å². The zero-order valence-corrected chi connectivity index (χ0v) is 9.95. The van der Waals surface area contributed by atoms with Crippen molar-refractivity contribution >= 4 is 5.97 Å². The molecule has 0 bridgehead atoms. The zero-order chi connectivity index (χ0) is 11.8. The van der Waals surface area contributed by atoms with Crippen LogP contribution < -0.4 is 5.32 Å². The fraction of sp³-hybridized carbons (Fsp3) is 0.909. The number of unbranched alkanes of at least 4 members (excludes halogenated alkanes) is 1. The molecule has 1 aliphatic heterocycles. The molecule has 1 atom stereocenters. The van der Waals surface area contributed by atoms with E-state index in [1.807, 2.05) is 4.90 Å². The summed E-state index contributed by atoms with van der Waals surface area (Å²) in [5.74, 6) is -0.749. The van der Waals surface area contributed by atoms with E-state index in [1.54, 1.807) is 0 Å². The van der Waals surface area contributed by atoms with E-state index in [2.05, 4.69) is 12.2 Å². The summed E-state index contributed by atoms with van der Waals surface area (Å²) < 4.78 is 5.45. The maximum Gasteiger partial charge on any atom is 0.322 e. The van der Waals surface area contributed by atoms with Gasteiger partial charge in [0, 0.05) is 32.8 Å². The highest BCUT2D eigenvalue weighted by Crippen LogP contribution is 2.03. The minimum Gasteiger partial charge on any atom is -0.480 e. The number of hydrogen-bond donors (Lipinski definition) is 2. The summed E-state index contributed by atoms with van der Waals surface area (Å²) in [5, 5.41) is 12.1. The molecule has 1 fully saturated rings. The Morgan fingerprint density at radius 2 is 2.38 bits per heavy atom. The van der Waals surface area contributed by atoms with Crippen LogP contribution in [0.15, 0.2) is 0 Å². The molecule has 94 valence electrons. The van der Waals surface area contributed by atoms with Gasteiger partial charge in [-0.3, -0.25) is 9.69 Å². The van der Waals surface area contributed by atoms with Gasteiger partial charge in [0.05, 0.1) is 6.61 Å². The molecular weight excluding hydrogens is 208 g/mol. The summed E-state index contributed by atoms with van der Waals surface area (Å²) in [7, 11) is 0. The smallest absolute Gasteiger partial charge is 0.322 e. The lowest BCUT2D eigenvalue weighted by molar-refractivity contribution is -0.144. The van der Waals surface area contributed by atoms with Gasteiger partial charge in [-0.1, -0.05) is 13.3 Å². The second-order valence-corrected chi connectivity index (χ2v) is 4.06. The molecule has 16 heavy (non-hydrogen) atoms. The molecule has 1 aliphatic rings. The van der Waals surface area contributed by atoms with E-state index in [0.29, 0.717) is 19.7 Å². The van der Waals surface area contributed by atoms with Crippen LogP contribution >= 0.6 is 0 Å². The molecule has 0 radical (unpaired) electrons. The second-order valence-electron chi connectivity index (χ2n) is 4.06. The summed E-state index contributed by atoms with van der Waals surface area (Å²) in [6.07, 6.45) is 2.20. The third-order valence-electron chi connectivity index (χ3n) is 2.80. The molecule has 1 heterocycles. The summed E-state index contributed by atoms with van der Waals surface area (Å²) >= 11 is 0. The minimum atomic E-state index is -0.749. The van der Waals surface area contributed by atoms with Crippen LogP contribution in [0, 0.1) is 0 Å². The summed E-state index contributed by atoms with van der Waals surface area (Å²) in [6.45, 7) is 6.42. The van der Waals surface area contributed by atoms with Crippen molar-refractivity contribution in [1.29, 1.82) is 0 Å². The van der Waals surface area contributed by atoms with Crippen molar-refractivity contribution in [2.75, 3.05) is 39.4 Å². The van der Waals surface area contributed by atoms with Gasteiger partial charge in [-0.25, -0.2) is 0 Å². The van der Waals surface area contributed by atoms with Crippen LogP contribution in [0.3, 0.4) is 0 Å². The van der Waals surface area contributed by atoms with Crippen LogP contribution in [-0.2, 0) is 9.53 Å². The molecule has 0 aromatic heterocycles. The maximum absolute atomic E-state index is 11.0. The van der Waals surface area contributed by atoms with E-state index >= 15 is 0 Å². The Bertz CT molecular complexity index is 211. The van der Waals surface area contributed by atoms with Crippen molar-refractivity contribution in [3.05, 3.63) is 0 Å². The number of aliphatic carboxylic acids is 1. The van der Waals surface area contributed by atoms with Crippen molar-refractivity contribution < 1.29 is 14.6 Å². The Morgan fingerprint density at radius 3 is 3.06 bits per heavy atom. The Hall–Kier alpha value is -0.650. The molecule has 2 N–H and O–H groups in total. The van der Waals surface area contributed by atoms with Gasteiger partial charge in [0.1, 0.15) is 6.04 Å². The predicted octanol–water partition coefficient (Wildman–Crippen LogP) is 0.162. The van der Waals surface area contributed by atoms with Gasteiger partial charge in [0.25, 0.3) is 0 Å². The van der Waals surface area contributed by atoms with E-state index in [-0.39, 0.29) is 0 Å². The highest BCUT2D eigenvalue weighted by Gasteiger charge is 2.27. The van der Waals surface area contributed by atoms with Crippen LogP contribution in [0.25, 0.3) is 0 Å². The third kappa shape index (κ3) is 4.47. The number of nitrogens with one attached hydrogen (secondary N) is 1. The van der Waals surface area contributed by atoms with Crippen LogP contribution in [-0.4, -0.2) is 61.4 Å². The molecule has 0 aromatic rings. The van der Waals surface area contributed by atoms with Crippen molar-refractivity contribution in [2.24, 2.45) is 0 Å². The molecule has 1 rings (SSSR count).